The zero-order chi connectivity index (χ0) is 26.9. The fraction of sp³-hybridized carbons (Fsp3) is 0.240. The molecule has 7 nitrogen and oxygen atoms in total. The summed E-state index contributed by atoms with van der Waals surface area (Å²) in [4.78, 5) is 31.3. The number of methoxy groups -OCH3 is 1. The summed E-state index contributed by atoms with van der Waals surface area (Å²) < 4.78 is 78.8. The van der Waals surface area contributed by atoms with Crippen molar-refractivity contribution in [2.75, 3.05) is 12.0 Å². The number of anilines is 1. The van der Waals surface area contributed by atoms with Crippen LogP contribution in [0.2, 0.25) is 0 Å². The van der Waals surface area contributed by atoms with Crippen molar-refractivity contribution in [3.8, 4) is 11.5 Å². The molecule has 0 bridgehead atoms. The summed E-state index contributed by atoms with van der Waals surface area (Å²) in [7, 11) is 1.22. The van der Waals surface area contributed by atoms with Gasteiger partial charge in [0.25, 0.3) is 11.8 Å². The number of ether oxygens (including phenoxy) is 2. The summed E-state index contributed by atoms with van der Waals surface area (Å²) in [6.07, 6.45) is 1.25. The van der Waals surface area contributed by atoms with Gasteiger partial charge in [0.2, 0.25) is 0 Å². The standard InChI is InChI=1S/C25H20F5N3O4/c1-12-19(20-17(27)10-15(36-2)11-18(20)28)21(24(35)33(12)22-16(26)4-3-9-31-22)32-23(34)13-5-7-14(8-6-13)37-25(29)30/h3-12,19,21,25H,1-2H3,(H,32,34)/t12-,19-,21?/m0/s1. The van der Waals surface area contributed by atoms with E-state index in [-0.39, 0.29) is 22.9 Å². The molecule has 3 atom stereocenters. The number of carbonyl (C=O) groups excluding carboxylic acids is 2. The van der Waals surface area contributed by atoms with Gasteiger partial charge < -0.3 is 14.8 Å². The Morgan fingerprint density at radius 1 is 1.03 bits per heavy atom. The molecule has 0 radical (unpaired) electrons. The first-order chi connectivity index (χ1) is 17.6. The first-order valence-electron chi connectivity index (χ1n) is 10.9. The second-order valence-corrected chi connectivity index (χ2v) is 8.14. The first kappa shape index (κ1) is 25.9. The van der Waals surface area contributed by atoms with Gasteiger partial charge in [-0.05, 0) is 43.3 Å². The molecule has 37 heavy (non-hydrogen) atoms. The van der Waals surface area contributed by atoms with Crippen LogP contribution >= 0.6 is 0 Å². The quantitative estimate of drug-likeness (QED) is 0.466. The number of nitrogens with one attached hydrogen (secondary N) is 1. The molecule has 2 heterocycles. The molecule has 4 rings (SSSR count). The van der Waals surface area contributed by atoms with E-state index < -0.39 is 59.4 Å². The van der Waals surface area contributed by atoms with Crippen molar-refractivity contribution in [2.45, 2.75) is 31.5 Å². The van der Waals surface area contributed by atoms with Crippen molar-refractivity contribution in [2.24, 2.45) is 0 Å². The maximum absolute atomic E-state index is 15.1. The monoisotopic (exact) mass is 521 g/mol. The number of aromatic nitrogens is 1. The number of alkyl halides is 2. The SMILES string of the molecule is COc1cc(F)c([C@H]2C(NC(=O)c3ccc(OC(F)F)cc3)C(=O)N(c3ncccc3F)[C@H]2C)c(F)c1. The van der Waals surface area contributed by atoms with Crippen LogP contribution in [0.15, 0.2) is 54.7 Å². The molecule has 2 amide bonds. The molecule has 2 aromatic carbocycles. The van der Waals surface area contributed by atoms with Gasteiger partial charge in [-0.15, -0.1) is 0 Å². The molecular weight excluding hydrogens is 501 g/mol. The minimum atomic E-state index is -3.06. The fourth-order valence-electron chi connectivity index (χ4n) is 4.36. The molecule has 3 aromatic rings. The smallest absolute Gasteiger partial charge is 0.387 e. The third-order valence-corrected chi connectivity index (χ3v) is 6.01. The molecule has 1 N–H and O–H groups in total. The van der Waals surface area contributed by atoms with Crippen LogP contribution in [-0.2, 0) is 4.79 Å². The number of carbonyl (C=O) groups is 2. The zero-order valence-corrected chi connectivity index (χ0v) is 19.4. The van der Waals surface area contributed by atoms with Gasteiger partial charge in [0.05, 0.1) is 7.11 Å². The van der Waals surface area contributed by atoms with E-state index in [0.29, 0.717) is 0 Å². The summed E-state index contributed by atoms with van der Waals surface area (Å²) in [5.41, 5.74) is -0.551. The summed E-state index contributed by atoms with van der Waals surface area (Å²) in [6.45, 7) is -1.62. The van der Waals surface area contributed by atoms with Crippen molar-refractivity contribution >= 4 is 17.6 Å². The molecule has 1 aliphatic rings. The van der Waals surface area contributed by atoms with Crippen molar-refractivity contribution in [1.29, 1.82) is 0 Å². The first-order valence-corrected chi connectivity index (χ1v) is 10.9. The van der Waals surface area contributed by atoms with Gasteiger partial charge in [0, 0.05) is 41.4 Å². The highest BCUT2D eigenvalue weighted by Gasteiger charge is 2.51. The van der Waals surface area contributed by atoms with E-state index >= 15 is 8.78 Å². The number of halogens is 5. The molecule has 1 aliphatic heterocycles. The Kier molecular flexibility index (Phi) is 7.28. The lowest BCUT2D eigenvalue weighted by atomic mass is 9.87. The molecule has 1 saturated heterocycles. The molecule has 194 valence electrons. The highest BCUT2D eigenvalue weighted by Crippen LogP contribution is 2.41. The van der Waals surface area contributed by atoms with Crippen molar-refractivity contribution in [3.05, 3.63) is 83.3 Å². The van der Waals surface area contributed by atoms with E-state index in [1.165, 1.54) is 38.4 Å². The lowest BCUT2D eigenvalue weighted by molar-refractivity contribution is -0.119. The number of hydrogen-bond donors (Lipinski definition) is 1. The summed E-state index contributed by atoms with van der Waals surface area (Å²) in [5, 5.41) is 2.45. The molecule has 12 heteroatoms. The Hall–Kier alpha value is -4.22. The Morgan fingerprint density at radius 2 is 1.68 bits per heavy atom. The normalized spacial score (nSPS) is 19.3. The molecular formula is C25H20F5N3O4. The minimum absolute atomic E-state index is 0.0426. The number of hydrogen-bond acceptors (Lipinski definition) is 5. The number of rotatable bonds is 7. The fourth-order valence-corrected chi connectivity index (χ4v) is 4.36. The van der Waals surface area contributed by atoms with E-state index in [9.17, 15) is 22.8 Å². The third kappa shape index (κ3) is 5.04. The Balaban J connectivity index is 1.74. The van der Waals surface area contributed by atoms with Gasteiger partial charge in [-0.1, -0.05) is 0 Å². The highest BCUT2D eigenvalue weighted by atomic mass is 19.3. The lowest BCUT2D eigenvalue weighted by Gasteiger charge is -2.25. The van der Waals surface area contributed by atoms with E-state index in [1.807, 2.05) is 0 Å². The second-order valence-electron chi connectivity index (χ2n) is 8.14. The Labute approximate surface area is 207 Å². The predicted octanol–water partition coefficient (Wildman–Crippen LogP) is 4.43. The van der Waals surface area contributed by atoms with Gasteiger partial charge in [0.15, 0.2) is 11.6 Å². The Bertz CT molecular complexity index is 1300. The van der Waals surface area contributed by atoms with Gasteiger partial charge >= 0.3 is 6.61 Å². The number of pyridine rings is 1. The molecule has 1 fully saturated rings. The van der Waals surface area contributed by atoms with Gasteiger partial charge in [0.1, 0.15) is 29.2 Å². The van der Waals surface area contributed by atoms with Crippen LogP contribution in [0.3, 0.4) is 0 Å². The van der Waals surface area contributed by atoms with E-state index in [1.54, 1.807) is 0 Å². The third-order valence-electron chi connectivity index (χ3n) is 6.01. The molecule has 0 spiro atoms. The van der Waals surface area contributed by atoms with Gasteiger partial charge in [-0.3, -0.25) is 14.5 Å². The maximum atomic E-state index is 15.1. The van der Waals surface area contributed by atoms with Crippen LogP contribution < -0.4 is 19.7 Å². The van der Waals surface area contributed by atoms with E-state index in [4.69, 9.17) is 4.74 Å². The minimum Gasteiger partial charge on any atom is -0.497 e. The average molecular weight is 521 g/mol. The number of nitrogens with zero attached hydrogens (tertiary/aromatic N) is 2. The molecule has 1 aromatic heterocycles. The average Bonchev–Trinajstić information content (AvgIpc) is 3.08. The highest BCUT2D eigenvalue weighted by molar-refractivity contribution is 6.05. The van der Waals surface area contributed by atoms with Crippen LogP contribution in [0.1, 0.15) is 28.8 Å². The van der Waals surface area contributed by atoms with Crippen LogP contribution in [-0.4, -0.2) is 42.6 Å². The molecule has 1 unspecified atom stereocenters. The van der Waals surface area contributed by atoms with Crippen molar-refractivity contribution in [1.82, 2.24) is 10.3 Å². The van der Waals surface area contributed by atoms with Crippen LogP contribution in [0, 0.1) is 17.5 Å². The summed E-state index contributed by atoms with van der Waals surface area (Å²) in [5.74, 6) is -6.57. The molecule has 0 aliphatic carbocycles. The lowest BCUT2D eigenvalue weighted by Crippen LogP contribution is -2.44. The van der Waals surface area contributed by atoms with Crippen molar-refractivity contribution < 1.29 is 41.0 Å². The second kappa shape index (κ2) is 10.4. The predicted molar refractivity (Wildman–Crippen MR) is 121 cm³/mol. The van der Waals surface area contributed by atoms with Gasteiger partial charge in [-0.25, -0.2) is 18.2 Å². The largest absolute Gasteiger partial charge is 0.497 e. The topological polar surface area (TPSA) is 80.8 Å². The van der Waals surface area contributed by atoms with Crippen LogP contribution in [0.4, 0.5) is 27.8 Å². The van der Waals surface area contributed by atoms with E-state index in [0.717, 1.165) is 35.2 Å². The summed E-state index contributed by atoms with van der Waals surface area (Å²) >= 11 is 0. The Morgan fingerprint density at radius 3 is 2.24 bits per heavy atom. The maximum Gasteiger partial charge on any atom is 0.387 e. The zero-order valence-electron chi connectivity index (χ0n) is 19.4. The number of benzene rings is 2. The summed E-state index contributed by atoms with van der Waals surface area (Å²) in [6, 6.07) is 6.27. The van der Waals surface area contributed by atoms with E-state index in [2.05, 4.69) is 15.0 Å². The molecule has 0 saturated carbocycles. The van der Waals surface area contributed by atoms with Crippen molar-refractivity contribution in [3.63, 3.8) is 0 Å². The number of amides is 2. The van der Waals surface area contributed by atoms with Gasteiger partial charge in [-0.2, -0.15) is 8.78 Å². The van der Waals surface area contributed by atoms with Crippen LogP contribution in [0.5, 0.6) is 11.5 Å². The van der Waals surface area contributed by atoms with Crippen LogP contribution in [0.25, 0.3) is 0 Å².